The number of anilines is 1. The van der Waals surface area contributed by atoms with Crippen LogP contribution >= 0.6 is 0 Å². The summed E-state index contributed by atoms with van der Waals surface area (Å²) in [5.41, 5.74) is 2.44. The van der Waals surface area contributed by atoms with Crippen molar-refractivity contribution in [2.24, 2.45) is 0 Å². The fourth-order valence-corrected chi connectivity index (χ4v) is 3.03. The van der Waals surface area contributed by atoms with Crippen LogP contribution in [0, 0.1) is 0 Å². The van der Waals surface area contributed by atoms with Crippen LogP contribution < -0.4 is 4.90 Å². The van der Waals surface area contributed by atoms with Gasteiger partial charge in [-0.1, -0.05) is 18.2 Å². The molecule has 1 aromatic carbocycles. The Morgan fingerprint density at radius 3 is 2.52 bits per heavy atom. The number of para-hydroxylation sites is 1. The van der Waals surface area contributed by atoms with Gasteiger partial charge >= 0.3 is 0 Å². The first kappa shape index (κ1) is 13.9. The molecular formula is C19H17N3O. The van der Waals surface area contributed by atoms with Crippen molar-refractivity contribution in [1.82, 2.24) is 9.97 Å². The first-order chi connectivity index (χ1) is 11.3. The maximum Gasteiger partial charge on any atom is 0.258 e. The molecule has 4 rings (SSSR count). The fraction of sp³-hybridized carbons (Fsp3) is 0.211. The molecule has 1 aliphatic carbocycles. The van der Waals surface area contributed by atoms with Gasteiger partial charge in [-0.15, -0.1) is 0 Å². The predicted octanol–water partition coefficient (Wildman–Crippen LogP) is 3.83. The van der Waals surface area contributed by atoms with Crippen molar-refractivity contribution >= 4 is 22.5 Å². The largest absolute Gasteiger partial charge is 0.303 e. The van der Waals surface area contributed by atoms with E-state index in [2.05, 4.69) is 9.97 Å². The summed E-state index contributed by atoms with van der Waals surface area (Å²) in [6, 6.07) is 13.8. The lowest BCUT2D eigenvalue weighted by molar-refractivity contribution is 0.0964. The van der Waals surface area contributed by atoms with Crippen LogP contribution in [0.4, 0.5) is 5.69 Å². The second kappa shape index (κ2) is 5.80. The average Bonchev–Trinajstić information content (AvgIpc) is 2.58. The normalized spacial score (nSPS) is 14.4. The highest BCUT2D eigenvalue weighted by atomic mass is 16.2. The van der Waals surface area contributed by atoms with Gasteiger partial charge in [0.15, 0.2) is 0 Å². The van der Waals surface area contributed by atoms with Gasteiger partial charge in [0, 0.05) is 35.6 Å². The summed E-state index contributed by atoms with van der Waals surface area (Å²) >= 11 is 0. The fourth-order valence-electron chi connectivity index (χ4n) is 3.03. The molecule has 4 heteroatoms. The Kier molecular flexibility index (Phi) is 3.50. The van der Waals surface area contributed by atoms with Crippen molar-refractivity contribution < 1.29 is 4.79 Å². The molecule has 1 saturated carbocycles. The zero-order valence-corrected chi connectivity index (χ0v) is 12.7. The molecule has 1 fully saturated rings. The highest BCUT2D eigenvalue weighted by Crippen LogP contribution is 2.34. The molecule has 0 bridgehead atoms. The Bertz CT molecular complexity index is 838. The van der Waals surface area contributed by atoms with E-state index in [4.69, 9.17) is 0 Å². The summed E-state index contributed by atoms with van der Waals surface area (Å²) < 4.78 is 0. The lowest BCUT2D eigenvalue weighted by Gasteiger charge is -2.38. The number of pyridine rings is 2. The zero-order valence-electron chi connectivity index (χ0n) is 12.7. The molecule has 0 unspecified atom stereocenters. The summed E-state index contributed by atoms with van der Waals surface area (Å²) in [6.45, 7) is 0. The summed E-state index contributed by atoms with van der Waals surface area (Å²) in [5.74, 6) is 0.0234. The third-order valence-corrected chi connectivity index (χ3v) is 4.46. The van der Waals surface area contributed by atoms with Crippen molar-refractivity contribution in [3.8, 4) is 0 Å². The summed E-state index contributed by atoms with van der Waals surface area (Å²) in [7, 11) is 0. The minimum atomic E-state index is 0.0234. The van der Waals surface area contributed by atoms with E-state index in [0.29, 0.717) is 5.56 Å². The molecular weight excluding hydrogens is 286 g/mol. The second-order valence-electron chi connectivity index (χ2n) is 5.85. The topological polar surface area (TPSA) is 46.1 Å². The van der Waals surface area contributed by atoms with Crippen LogP contribution in [-0.2, 0) is 0 Å². The molecule has 4 nitrogen and oxygen atoms in total. The molecule has 0 aliphatic heterocycles. The number of fused-ring (bicyclic) bond motifs is 1. The Hall–Kier alpha value is -2.75. The number of hydrogen-bond acceptors (Lipinski definition) is 3. The molecule has 2 aromatic heterocycles. The van der Waals surface area contributed by atoms with Gasteiger partial charge in [0.1, 0.15) is 0 Å². The Morgan fingerprint density at radius 1 is 1.00 bits per heavy atom. The van der Waals surface area contributed by atoms with E-state index in [-0.39, 0.29) is 11.9 Å². The maximum atomic E-state index is 13.1. The zero-order chi connectivity index (χ0) is 15.6. The van der Waals surface area contributed by atoms with Crippen LogP contribution in [0.3, 0.4) is 0 Å². The van der Waals surface area contributed by atoms with Crippen molar-refractivity contribution in [1.29, 1.82) is 0 Å². The van der Waals surface area contributed by atoms with Crippen LogP contribution in [0.2, 0.25) is 0 Å². The summed E-state index contributed by atoms with van der Waals surface area (Å²) in [5, 5.41) is 1.05. The van der Waals surface area contributed by atoms with Crippen molar-refractivity contribution in [3.05, 3.63) is 66.6 Å². The van der Waals surface area contributed by atoms with Crippen LogP contribution in [0.5, 0.6) is 0 Å². The molecule has 3 aromatic rings. The molecule has 0 radical (unpaired) electrons. The van der Waals surface area contributed by atoms with E-state index < -0.39 is 0 Å². The van der Waals surface area contributed by atoms with Crippen molar-refractivity contribution in [2.45, 2.75) is 25.3 Å². The molecule has 114 valence electrons. The molecule has 0 spiro atoms. The highest BCUT2D eigenvalue weighted by molar-refractivity contribution is 6.10. The van der Waals surface area contributed by atoms with Gasteiger partial charge in [-0.25, -0.2) is 0 Å². The SMILES string of the molecule is O=C(c1ccncc1)N(c1cccc2cccnc12)C1CCC1. The quantitative estimate of drug-likeness (QED) is 0.738. The van der Waals surface area contributed by atoms with Gasteiger partial charge in [0.25, 0.3) is 5.91 Å². The Balaban J connectivity index is 1.84. The van der Waals surface area contributed by atoms with Crippen LogP contribution in [0.1, 0.15) is 29.6 Å². The number of nitrogens with zero attached hydrogens (tertiary/aromatic N) is 3. The van der Waals surface area contributed by atoms with Crippen LogP contribution in [-0.4, -0.2) is 21.9 Å². The van der Waals surface area contributed by atoms with Gasteiger partial charge in [0.05, 0.1) is 11.2 Å². The smallest absolute Gasteiger partial charge is 0.258 e. The van der Waals surface area contributed by atoms with E-state index in [1.54, 1.807) is 30.7 Å². The van der Waals surface area contributed by atoms with Gasteiger partial charge < -0.3 is 4.90 Å². The van der Waals surface area contributed by atoms with Gasteiger partial charge in [-0.3, -0.25) is 14.8 Å². The molecule has 0 N–H and O–H groups in total. The number of rotatable bonds is 3. The maximum absolute atomic E-state index is 13.1. The third kappa shape index (κ3) is 2.46. The molecule has 1 aliphatic rings. The molecule has 0 atom stereocenters. The van der Waals surface area contributed by atoms with E-state index in [1.165, 1.54) is 6.42 Å². The minimum absolute atomic E-state index is 0.0234. The minimum Gasteiger partial charge on any atom is -0.303 e. The van der Waals surface area contributed by atoms with Crippen molar-refractivity contribution in [3.63, 3.8) is 0 Å². The Morgan fingerprint density at radius 2 is 1.78 bits per heavy atom. The number of carbonyl (C=O) groups is 1. The molecule has 1 amide bonds. The first-order valence-corrected chi connectivity index (χ1v) is 7.92. The lowest BCUT2D eigenvalue weighted by Crippen LogP contribution is -2.44. The molecule has 0 saturated heterocycles. The third-order valence-electron chi connectivity index (χ3n) is 4.46. The summed E-state index contributed by atoms with van der Waals surface area (Å²) in [6.07, 6.45) is 8.35. The number of hydrogen-bond donors (Lipinski definition) is 0. The van der Waals surface area contributed by atoms with E-state index in [9.17, 15) is 4.79 Å². The van der Waals surface area contributed by atoms with Crippen LogP contribution in [0.15, 0.2) is 61.1 Å². The van der Waals surface area contributed by atoms with Gasteiger partial charge in [0.2, 0.25) is 0 Å². The van der Waals surface area contributed by atoms with E-state index >= 15 is 0 Å². The standard InChI is InChI=1S/C19H17N3O/c23-19(15-9-12-20-13-10-15)22(16-6-2-7-16)17-8-1-4-14-5-3-11-21-18(14)17/h1,3-5,8-13,16H,2,6-7H2. The monoisotopic (exact) mass is 303 g/mol. The second-order valence-corrected chi connectivity index (χ2v) is 5.85. The van der Waals surface area contributed by atoms with E-state index in [0.717, 1.165) is 29.4 Å². The number of benzene rings is 1. The highest BCUT2D eigenvalue weighted by Gasteiger charge is 2.31. The number of aromatic nitrogens is 2. The first-order valence-electron chi connectivity index (χ1n) is 7.92. The van der Waals surface area contributed by atoms with Gasteiger partial charge in [-0.05, 0) is 43.5 Å². The number of carbonyl (C=O) groups excluding carboxylic acids is 1. The lowest BCUT2D eigenvalue weighted by atomic mass is 9.90. The average molecular weight is 303 g/mol. The summed E-state index contributed by atoms with van der Waals surface area (Å²) in [4.78, 5) is 23.5. The Labute approximate surface area is 134 Å². The van der Waals surface area contributed by atoms with Crippen LogP contribution in [0.25, 0.3) is 10.9 Å². The van der Waals surface area contributed by atoms with Gasteiger partial charge in [-0.2, -0.15) is 0 Å². The molecule has 2 heterocycles. The van der Waals surface area contributed by atoms with Crippen molar-refractivity contribution in [2.75, 3.05) is 4.90 Å². The van der Waals surface area contributed by atoms with E-state index in [1.807, 2.05) is 35.2 Å². The predicted molar refractivity (Wildman–Crippen MR) is 90.4 cm³/mol. The number of amides is 1. The molecule has 23 heavy (non-hydrogen) atoms.